The zero-order chi connectivity index (χ0) is 13.1. The number of nitrogens with zero attached hydrogens (tertiary/aromatic N) is 4. The van der Waals surface area contributed by atoms with Gasteiger partial charge >= 0.3 is 0 Å². The zero-order valence-electron chi connectivity index (χ0n) is 10.8. The standard InChI is InChI=1S/C11H19N5OS/c1-8(2)16-9(6-12)13-14-11(16)18-7-10(17)15-4-3-5-15/h8H,3-7,12H2,1-2H3. The van der Waals surface area contributed by atoms with Crippen LogP contribution in [0.2, 0.25) is 0 Å². The molecule has 0 bridgehead atoms. The summed E-state index contributed by atoms with van der Waals surface area (Å²) in [6, 6.07) is 0.250. The van der Waals surface area contributed by atoms with Crippen LogP contribution in [0.4, 0.5) is 0 Å². The monoisotopic (exact) mass is 269 g/mol. The van der Waals surface area contributed by atoms with E-state index in [4.69, 9.17) is 5.73 Å². The van der Waals surface area contributed by atoms with Gasteiger partial charge in [0.15, 0.2) is 5.16 Å². The number of thioether (sulfide) groups is 1. The van der Waals surface area contributed by atoms with E-state index in [1.165, 1.54) is 11.8 Å². The lowest BCUT2D eigenvalue weighted by molar-refractivity contribution is -0.131. The summed E-state index contributed by atoms with van der Waals surface area (Å²) in [6.07, 6.45) is 1.12. The Morgan fingerprint density at radius 2 is 2.17 bits per heavy atom. The number of amides is 1. The molecule has 0 aliphatic carbocycles. The largest absolute Gasteiger partial charge is 0.342 e. The van der Waals surface area contributed by atoms with E-state index in [-0.39, 0.29) is 11.9 Å². The molecule has 1 aliphatic heterocycles. The lowest BCUT2D eigenvalue weighted by Gasteiger charge is -2.30. The molecule has 7 heteroatoms. The highest BCUT2D eigenvalue weighted by Crippen LogP contribution is 2.22. The molecule has 0 aromatic carbocycles. The van der Waals surface area contributed by atoms with Gasteiger partial charge in [-0.3, -0.25) is 4.79 Å². The molecule has 0 unspecified atom stereocenters. The summed E-state index contributed by atoms with van der Waals surface area (Å²) in [5, 5.41) is 8.94. The van der Waals surface area contributed by atoms with Gasteiger partial charge in [-0.25, -0.2) is 0 Å². The van der Waals surface area contributed by atoms with E-state index in [0.717, 1.165) is 30.5 Å². The van der Waals surface area contributed by atoms with Crippen LogP contribution >= 0.6 is 11.8 Å². The smallest absolute Gasteiger partial charge is 0.233 e. The van der Waals surface area contributed by atoms with Crippen molar-refractivity contribution in [1.82, 2.24) is 19.7 Å². The summed E-state index contributed by atoms with van der Waals surface area (Å²) in [5.41, 5.74) is 5.63. The molecule has 1 saturated heterocycles. The third-order valence-electron chi connectivity index (χ3n) is 2.97. The van der Waals surface area contributed by atoms with Crippen molar-refractivity contribution in [1.29, 1.82) is 0 Å². The van der Waals surface area contributed by atoms with Crippen LogP contribution in [0.5, 0.6) is 0 Å². The molecule has 1 aromatic rings. The number of rotatable bonds is 5. The minimum Gasteiger partial charge on any atom is -0.342 e. The van der Waals surface area contributed by atoms with E-state index in [0.29, 0.717) is 12.3 Å². The number of likely N-dealkylation sites (tertiary alicyclic amines) is 1. The van der Waals surface area contributed by atoms with Crippen LogP contribution in [0.1, 0.15) is 32.1 Å². The lowest BCUT2D eigenvalue weighted by atomic mass is 10.2. The first-order chi connectivity index (χ1) is 8.63. The molecule has 2 N–H and O–H groups in total. The predicted octanol–water partition coefficient (Wildman–Crippen LogP) is 0.642. The zero-order valence-corrected chi connectivity index (χ0v) is 11.6. The highest BCUT2D eigenvalue weighted by molar-refractivity contribution is 7.99. The average molecular weight is 269 g/mol. The Bertz CT molecular complexity index is 427. The second-order valence-electron chi connectivity index (χ2n) is 4.59. The summed E-state index contributed by atoms with van der Waals surface area (Å²) < 4.78 is 1.99. The molecular weight excluding hydrogens is 250 g/mol. The molecule has 6 nitrogen and oxygen atoms in total. The molecule has 0 atom stereocenters. The summed E-state index contributed by atoms with van der Waals surface area (Å²) in [5.74, 6) is 1.37. The highest BCUT2D eigenvalue weighted by atomic mass is 32.2. The van der Waals surface area contributed by atoms with Gasteiger partial charge in [-0.05, 0) is 20.3 Å². The topological polar surface area (TPSA) is 77.0 Å². The Labute approximate surface area is 111 Å². The van der Waals surface area contributed by atoms with Crippen molar-refractivity contribution in [3.63, 3.8) is 0 Å². The molecule has 0 radical (unpaired) electrons. The van der Waals surface area contributed by atoms with Gasteiger partial charge in [0.1, 0.15) is 5.82 Å². The molecule has 0 spiro atoms. The maximum atomic E-state index is 11.8. The number of carbonyl (C=O) groups is 1. The first kappa shape index (κ1) is 13.4. The summed E-state index contributed by atoms with van der Waals surface area (Å²) >= 11 is 1.44. The van der Waals surface area contributed by atoms with Crippen LogP contribution in [0.3, 0.4) is 0 Å². The number of hydrogen-bond acceptors (Lipinski definition) is 5. The fourth-order valence-electron chi connectivity index (χ4n) is 1.85. The van der Waals surface area contributed by atoms with Crippen molar-refractivity contribution < 1.29 is 4.79 Å². The maximum absolute atomic E-state index is 11.8. The minimum atomic E-state index is 0.179. The Morgan fingerprint density at radius 3 is 2.67 bits per heavy atom. The number of carbonyl (C=O) groups excluding carboxylic acids is 1. The fourth-order valence-corrected chi connectivity index (χ4v) is 2.84. The van der Waals surface area contributed by atoms with Crippen molar-refractivity contribution in [3.8, 4) is 0 Å². The Morgan fingerprint density at radius 1 is 1.44 bits per heavy atom. The van der Waals surface area contributed by atoms with Gasteiger partial charge in [-0.1, -0.05) is 11.8 Å². The summed E-state index contributed by atoms with van der Waals surface area (Å²) in [7, 11) is 0. The van der Waals surface area contributed by atoms with E-state index in [1.807, 2.05) is 9.47 Å². The molecule has 1 aliphatic rings. The predicted molar refractivity (Wildman–Crippen MR) is 70.2 cm³/mol. The van der Waals surface area contributed by atoms with Crippen LogP contribution in [0.25, 0.3) is 0 Å². The van der Waals surface area contributed by atoms with Gasteiger partial charge in [0.25, 0.3) is 0 Å². The number of nitrogens with two attached hydrogens (primary N) is 1. The molecule has 1 fully saturated rings. The van der Waals surface area contributed by atoms with Gasteiger partial charge in [0.2, 0.25) is 5.91 Å². The van der Waals surface area contributed by atoms with E-state index in [2.05, 4.69) is 24.0 Å². The first-order valence-corrected chi connectivity index (χ1v) is 7.16. The van der Waals surface area contributed by atoms with E-state index >= 15 is 0 Å². The van der Waals surface area contributed by atoms with E-state index < -0.39 is 0 Å². The number of hydrogen-bond donors (Lipinski definition) is 1. The van der Waals surface area contributed by atoms with Crippen molar-refractivity contribution in [3.05, 3.63) is 5.82 Å². The molecule has 2 heterocycles. The van der Waals surface area contributed by atoms with Gasteiger partial charge in [0, 0.05) is 19.1 Å². The molecule has 0 saturated carbocycles. The van der Waals surface area contributed by atoms with E-state index in [9.17, 15) is 4.79 Å². The van der Waals surface area contributed by atoms with Crippen LogP contribution in [-0.2, 0) is 11.3 Å². The van der Waals surface area contributed by atoms with Gasteiger partial charge in [-0.2, -0.15) is 0 Å². The van der Waals surface area contributed by atoms with Crippen LogP contribution in [0, 0.1) is 0 Å². The molecule has 18 heavy (non-hydrogen) atoms. The SMILES string of the molecule is CC(C)n1c(CN)nnc1SCC(=O)N1CCC1. The fraction of sp³-hybridized carbons (Fsp3) is 0.727. The second-order valence-corrected chi connectivity index (χ2v) is 5.53. The Balaban J connectivity index is 2.00. The van der Waals surface area contributed by atoms with Crippen LogP contribution in [-0.4, -0.2) is 44.4 Å². The van der Waals surface area contributed by atoms with Gasteiger partial charge < -0.3 is 15.2 Å². The molecular formula is C11H19N5OS. The van der Waals surface area contributed by atoms with Gasteiger partial charge in [0.05, 0.1) is 12.3 Å². The Hall–Kier alpha value is -1.08. The lowest BCUT2D eigenvalue weighted by Crippen LogP contribution is -2.43. The number of aromatic nitrogens is 3. The van der Waals surface area contributed by atoms with Crippen molar-refractivity contribution in [2.45, 2.75) is 38.0 Å². The molecule has 1 amide bonds. The molecule has 2 rings (SSSR count). The summed E-state index contributed by atoms with van der Waals surface area (Å²) in [6.45, 7) is 6.27. The average Bonchev–Trinajstić information content (AvgIpc) is 2.66. The minimum absolute atomic E-state index is 0.179. The highest BCUT2D eigenvalue weighted by Gasteiger charge is 2.21. The third kappa shape index (κ3) is 2.67. The van der Waals surface area contributed by atoms with Crippen LogP contribution in [0.15, 0.2) is 5.16 Å². The van der Waals surface area contributed by atoms with E-state index in [1.54, 1.807) is 0 Å². The van der Waals surface area contributed by atoms with Crippen LogP contribution < -0.4 is 5.73 Å². The van der Waals surface area contributed by atoms with Crippen molar-refractivity contribution in [2.24, 2.45) is 5.73 Å². The first-order valence-electron chi connectivity index (χ1n) is 6.18. The normalized spacial score (nSPS) is 15.0. The summed E-state index contributed by atoms with van der Waals surface area (Å²) in [4.78, 5) is 13.6. The van der Waals surface area contributed by atoms with Gasteiger partial charge in [-0.15, -0.1) is 10.2 Å². The molecule has 100 valence electrons. The quantitative estimate of drug-likeness (QED) is 0.794. The van der Waals surface area contributed by atoms with Crippen molar-refractivity contribution in [2.75, 3.05) is 18.8 Å². The third-order valence-corrected chi connectivity index (χ3v) is 3.90. The molecule has 1 aromatic heterocycles. The van der Waals surface area contributed by atoms with Crippen molar-refractivity contribution >= 4 is 17.7 Å². The maximum Gasteiger partial charge on any atom is 0.233 e. The Kier molecular flexibility index (Phi) is 4.23. The second kappa shape index (κ2) is 5.71.